The van der Waals surface area contributed by atoms with Crippen molar-refractivity contribution in [1.82, 2.24) is 10.2 Å². The molecule has 1 amide bonds. The SMILES string of the molecule is O=C(Nc1n[nH]c2c1CCCC2)c1ccccc1. The van der Waals surface area contributed by atoms with Crippen LogP contribution in [0.3, 0.4) is 0 Å². The minimum Gasteiger partial charge on any atom is -0.305 e. The lowest BCUT2D eigenvalue weighted by atomic mass is 9.97. The van der Waals surface area contributed by atoms with E-state index in [0.29, 0.717) is 11.4 Å². The Morgan fingerprint density at radius 2 is 1.94 bits per heavy atom. The van der Waals surface area contributed by atoms with Gasteiger partial charge in [0, 0.05) is 16.8 Å². The van der Waals surface area contributed by atoms with Crippen LogP contribution in [0, 0.1) is 0 Å². The van der Waals surface area contributed by atoms with Gasteiger partial charge in [-0.1, -0.05) is 18.2 Å². The van der Waals surface area contributed by atoms with Gasteiger partial charge in [-0.15, -0.1) is 0 Å². The molecule has 0 fully saturated rings. The maximum absolute atomic E-state index is 12.0. The zero-order chi connectivity index (χ0) is 12.4. The number of benzene rings is 1. The van der Waals surface area contributed by atoms with E-state index < -0.39 is 0 Å². The summed E-state index contributed by atoms with van der Waals surface area (Å²) in [6, 6.07) is 9.21. The Kier molecular flexibility index (Phi) is 2.84. The molecule has 0 radical (unpaired) electrons. The van der Waals surface area contributed by atoms with Crippen molar-refractivity contribution in [2.45, 2.75) is 25.7 Å². The number of H-pyrrole nitrogens is 1. The van der Waals surface area contributed by atoms with Crippen LogP contribution in [0.4, 0.5) is 5.82 Å². The lowest BCUT2D eigenvalue weighted by molar-refractivity contribution is 0.102. The molecule has 1 aromatic heterocycles. The standard InChI is InChI=1S/C14H15N3O/c18-14(10-6-2-1-3-7-10)15-13-11-8-4-5-9-12(11)16-17-13/h1-3,6-7H,4-5,8-9H2,(H2,15,16,17,18). The van der Waals surface area contributed by atoms with Crippen LogP contribution in [0.2, 0.25) is 0 Å². The van der Waals surface area contributed by atoms with Crippen molar-refractivity contribution < 1.29 is 4.79 Å². The fourth-order valence-corrected chi connectivity index (χ4v) is 2.35. The van der Waals surface area contributed by atoms with E-state index in [2.05, 4.69) is 15.5 Å². The van der Waals surface area contributed by atoms with E-state index in [4.69, 9.17) is 0 Å². The molecule has 2 aromatic rings. The highest BCUT2D eigenvalue weighted by Gasteiger charge is 2.18. The number of hydrogen-bond acceptors (Lipinski definition) is 2. The molecule has 1 aliphatic rings. The van der Waals surface area contributed by atoms with Crippen molar-refractivity contribution in [3.05, 3.63) is 47.2 Å². The van der Waals surface area contributed by atoms with Gasteiger partial charge in [0.25, 0.3) is 5.91 Å². The van der Waals surface area contributed by atoms with Gasteiger partial charge in [-0.3, -0.25) is 9.89 Å². The van der Waals surface area contributed by atoms with Crippen molar-refractivity contribution in [2.24, 2.45) is 0 Å². The monoisotopic (exact) mass is 241 g/mol. The third-order valence-electron chi connectivity index (χ3n) is 3.32. The highest BCUT2D eigenvalue weighted by atomic mass is 16.1. The number of carbonyl (C=O) groups excluding carboxylic acids is 1. The molecular weight excluding hydrogens is 226 g/mol. The number of nitrogens with zero attached hydrogens (tertiary/aromatic N) is 1. The van der Waals surface area contributed by atoms with Gasteiger partial charge in [-0.25, -0.2) is 0 Å². The van der Waals surface area contributed by atoms with Gasteiger partial charge in [-0.2, -0.15) is 5.10 Å². The van der Waals surface area contributed by atoms with Gasteiger partial charge in [0.05, 0.1) is 0 Å². The minimum atomic E-state index is -0.101. The van der Waals surface area contributed by atoms with Crippen LogP contribution in [-0.2, 0) is 12.8 Å². The average molecular weight is 241 g/mol. The van der Waals surface area contributed by atoms with Gasteiger partial charge >= 0.3 is 0 Å². The number of fused-ring (bicyclic) bond motifs is 1. The van der Waals surface area contributed by atoms with Crippen LogP contribution in [-0.4, -0.2) is 16.1 Å². The normalized spacial score (nSPS) is 14.0. The third kappa shape index (κ3) is 2.01. The Bertz CT molecular complexity index is 560. The maximum Gasteiger partial charge on any atom is 0.256 e. The van der Waals surface area contributed by atoms with Crippen molar-refractivity contribution in [3.63, 3.8) is 0 Å². The van der Waals surface area contributed by atoms with Gasteiger partial charge < -0.3 is 5.32 Å². The van der Waals surface area contributed by atoms with E-state index >= 15 is 0 Å². The second kappa shape index (κ2) is 4.64. The lowest BCUT2D eigenvalue weighted by Gasteiger charge is -2.11. The number of aromatic amines is 1. The number of nitrogens with one attached hydrogen (secondary N) is 2. The van der Waals surface area contributed by atoms with Crippen LogP contribution in [0.15, 0.2) is 30.3 Å². The van der Waals surface area contributed by atoms with E-state index in [1.165, 1.54) is 24.1 Å². The van der Waals surface area contributed by atoms with E-state index in [1.54, 1.807) is 12.1 Å². The molecule has 92 valence electrons. The minimum absolute atomic E-state index is 0.101. The lowest BCUT2D eigenvalue weighted by Crippen LogP contribution is -2.14. The first-order chi connectivity index (χ1) is 8.84. The Hall–Kier alpha value is -2.10. The van der Waals surface area contributed by atoms with Gasteiger partial charge in [0.1, 0.15) is 0 Å². The van der Waals surface area contributed by atoms with Crippen LogP contribution in [0.5, 0.6) is 0 Å². The molecule has 0 spiro atoms. The van der Waals surface area contributed by atoms with Gasteiger partial charge in [0.2, 0.25) is 0 Å². The fourth-order valence-electron chi connectivity index (χ4n) is 2.35. The molecule has 0 unspecified atom stereocenters. The fraction of sp³-hybridized carbons (Fsp3) is 0.286. The number of aryl methyl sites for hydroxylation is 1. The molecule has 3 rings (SSSR count). The molecule has 1 aliphatic carbocycles. The summed E-state index contributed by atoms with van der Waals surface area (Å²) in [5.41, 5.74) is 3.00. The summed E-state index contributed by atoms with van der Waals surface area (Å²) >= 11 is 0. The maximum atomic E-state index is 12.0. The van der Waals surface area contributed by atoms with Crippen molar-refractivity contribution >= 4 is 11.7 Å². The smallest absolute Gasteiger partial charge is 0.256 e. The zero-order valence-corrected chi connectivity index (χ0v) is 10.1. The second-order valence-corrected chi connectivity index (χ2v) is 4.56. The Morgan fingerprint density at radius 3 is 2.78 bits per heavy atom. The summed E-state index contributed by atoms with van der Waals surface area (Å²) in [7, 11) is 0. The number of hydrogen-bond donors (Lipinski definition) is 2. The largest absolute Gasteiger partial charge is 0.305 e. The first kappa shape index (κ1) is 11.0. The van der Waals surface area contributed by atoms with E-state index in [1.807, 2.05) is 18.2 Å². The Morgan fingerprint density at radius 1 is 1.17 bits per heavy atom. The summed E-state index contributed by atoms with van der Waals surface area (Å²) in [5.74, 6) is 0.592. The molecular formula is C14H15N3O. The molecule has 1 aromatic carbocycles. The molecule has 0 saturated carbocycles. The summed E-state index contributed by atoms with van der Waals surface area (Å²) in [6.07, 6.45) is 4.39. The molecule has 0 saturated heterocycles. The van der Waals surface area contributed by atoms with Crippen molar-refractivity contribution in [3.8, 4) is 0 Å². The molecule has 18 heavy (non-hydrogen) atoms. The molecule has 4 heteroatoms. The Labute approximate surface area is 105 Å². The first-order valence-electron chi connectivity index (χ1n) is 6.27. The predicted molar refractivity (Wildman–Crippen MR) is 69.6 cm³/mol. The zero-order valence-electron chi connectivity index (χ0n) is 10.1. The van der Waals surface area contributed by atoms with Crippen LogP contribution in [0.25, 0.3) is 0 Å². The summed E-state index contributed by atoms with van der Waals surface area (Å²) in [6.45, 7) is 0. The van der Waals surface area contributed by atoms with E-state index in [-0.39, 0.29) is 5.91 Å². The topological polar surface area (TPSA) is 57.8 Å². The summed E-state index contributed by atoms with van der Waals surface area (Å²) < 4.78 is 0. The van der Waals surface area contributed by atoms with Crippen LogP contribution >= 0.6 is 0 Å². The number of aromatic nitrogens is 2. The number of carbonyl (C=O) groups is 1. The Balaban J connectivity index is 1.81. The highest BCUT2D eigenvalue weighted by molar-refractivity contribution is 6.04. The first-order valence-corrected chi connectivity index (χ1v) is 6.27. The molecule has 0 bridgehead atoms. The van der Waals surface area contributed by atoms with E-state index in [9.17, 15) is 4.79 Å². The molecule has 1 heterocycles. The quantitative estimate of drug-likeness (QED) is 0.848. The van der Waals surface area contributed by atoms with Gasteiger partial charge in [0.15, 0.2) is 5.82 Å². The molecule has 4 nitrogen and oxygen atoms in total. The number of amides is 1. The molecule has 0 atom stereocenters. The highest BCUT2D eigenvalue weighted by Crippen LogP contribution is 2.25. The van der Waals surface area contributed by atoms with Crippen molar-refractivity contribution in [1.29, 1.82) is 0 Å². The average Bonchev–Trinajstić information content (AvgIpc) is 2.83. The third-order valence-corrected chi connectivity index (χ3v) is 3.32. The second-order valence-electron chi connectivity index (χ2n) is 4.56. The van der Waals surface area contributed by atoms with Crippen LogP contribution < -0.4 is 5.32 Å². The number of rotatable bonds is 2. The predicted octanol–water partition coefficient (Wildman–Crippen LogP) is 2.54. The van der Waals surface area contributed by atoms with Gasteiger partial charge in [-0.05, 0) is 37.8 Å². The number of anilines is 1. The van der Waals surface area contributed by atoms with Crippen molar-refractivity contribution in [2.75, 3.05) is 5.32 Å². The molecule has 0 aliphatic heterocycles. The van der Waals surface area contributed by atoms with E-state index in [0.717, 1.165) is 12.8 Å². The van der Waals surface area contributed by atoms with Crippen LogP contribution in [0.1, 0.15) is 34.5 Å². The summed E-state index contributed by atoms with van der Waals surface area (Å²) in [5, 5.41) is 10.1. The molecule has 2 N–H and O–H groups in total. The summed E-state index contributed by atoms with van der Waals surface area (Å²) in [4.78, 5) is 12.0.